The second-order valence-corrected chi connectivity index (χ2v) is 10.3. The van der Waals surface area contributed by atoms with Gasteiger partial charge in [0.1, 0.15) is 12.2 Å². The normalized spacial score (nSPS) is 11.1. The summed E-state index contributed by atoms with van der Waals surface area (Å²) in [4.78, 5) is 21.6. The van der Waals surface area contributed by atoms with Gasteiger partial charge in [-0.15, -0.1) is 27.8 Å². The average Bonchev–Trinajstić information content (AvgIpc) is 3.65. The van der Waals surface area contributed by atoms with Gasteiger partial charge < -0.3 is 5.32 Å². The Balaban J connectivity index is 1.12. The summed E-state index contributed by atoms with van der Waals surface area (Å²) in [7, 11) is 0. The summed E-state index contributed by atoms with van der Waals surface area (Å²) in [5.41, 5.74) is 5.39. The van der Waals surface area contributed by atoms with Gasteiger partial charge >= 0.3 is 0 Å². The van der Waals surface area contributed by atoms with Crippen molar-refractivity contribution in [2.24, 2.45) is 0 Å². The van der Waals surface area contributed by atoms with Crippen molar-refractivity contribution in [2.45, 2.75) is 6.54 Å². The fourth-order valence-electron chi connectivity index (χ4n) is 3.75. The van der Waals surface area contributed by atoms with E-state index in [1.54, 1.807) is 47.2 Å². The zero-order valence-electron chi connectivity index (χ0n) is 18.6. The number of hydrogen-bond acceptors (Lipinski definition) is 7. The molecule has 6 aromatic rings. The molecular formula is C26H17ClN6OS2. The Bertz CT molecular complexity index is 1660. The molecule has 0 saturated heterocycles. The van der Waals surface area contributed by atoms with Crippen LogP contribution in [0.25, 0.3) is 42.6 Å². The molecule has 7 nitrogen and oxygen atoms in total. The van der Waals surface area contributed by atoms with Crippen LogP contribution in [0.2, 0.25) is 5.02 Å². The molecule has 0 atom stereocenters. The van der Waals surface area contributed by atoms with Crippen molar-refractivity contribution < 1.29 is 4.79 Å². The number of carbonyl (C=O) groups excluding carboxylic acids is 1. The molecule has 0 fully saturated rings. The molecule has 0 unspecified atom stereocenters. The van der Waals surface area contributed by atoms with Crippen LogP contribution < -0.4 is 5.32 Å². The number of halogens is 1. The summed E-state index contributed by atoms with van der Waals surface area (Å²) < 4.78 is 2.62. The molecule has 0 aliphatic carbocycles. The largest absolute Gasteiger partial charge is 0.324 e. The molecular weight excluding hydrogens is 512 g/mol. The molecule has 36 heavy (non-hydrogen) atoms. The number of hydrogen-bond donors (Lipinski definition) is 1. The third-order valence-electron chi connectivity index (χ3n) is 5.49. The van der Waals surface area contributed by atoms with Crippen molar-refractivity contribution in [3.8, 4) is 32.4 Å². The van der Waals surface area contributed by atoms with E-state index in [9.17, 15) is 4.79 Å². The Morgan fingerprint density at radius 3 is 2.50 bits per heavy atom. The van der Waals surface area contributed by atoms with Gasteiger partial charge in [-0.05, 0) is 47.5 Å². The fraction of sp³-hybridized carbons (Fsp3) is 0.0385. The van der Waals surface area contributed by atoms with E-state index >= 15 is 0 Å². The number of carbonyl (C=O) groups is 1. The second-order valence-electron chi connectivity index (χ2n) is 7.97. The van der Waals surface area contributed by atoms with Crippen LogP contribution in [0.5, 0.6) is 0 Å². The Labute approximate surface area is 219 Å². The van der Waals surface area contributed by atoms with Crippen molar-refractivity contribution in [3.63, 3.8) is 0 Å². The van der Waals surface area contributed by atoms with Gasteiger partial charge in [0, 0.05) is 27.9 Å². The summed E-state index contributed by atoms with van der Waals surface area (Å²) in [6.07, 6.45) is 3.53. The molecule has 3 aromatic heterocycles. The SMILES string of the molecule is O=C(Cn1cc(-c2ccc(Cl)cc2)nn1)Nc1ccc(-c2ccc3nc(-c4nccs4)sc3c2)cc1. The fourth-order valence-corrected chi connectivity index (χ4v) is 5.56. The first-order valence-electron chi connectivity index (χ1n) is 11.0. The molecule has 3 heterocycles. The minimum atomic E-state index is -0.184. The Morgan fingerprint density at radius 1 is 0.944 bits per heavy atom. The highest BCUT2D eigenvalue weighted by Crippen LogP contribution is 2.34. The van der Waals surface area contributed by atoms with Crippen LogP contribution >= 0.6 is 34.3 Å². The molecule has 0 saturated carbocycles. The van der Waals surface area contributed by atoms with E-state index < -0.39 is 0 Å². The third-order valence-corrected chi connectivity index (χ3v) is 7.68. The first kappa shape index (κ1) is 22.5. The van der Waals surface area contributed by atoms with Gasteiger partial charge in [0.05, 0.1) is 16.4 Å². The third kappa shape index (κ3) is 4.76. The van der Waals surface area contributed by atoms with E-state index in [-0.39, 0.29) is 12.5 Å². The number of nitrogens with one attached hydrogen (secondary N) is 1. The zero-order valence-corrected chi connectivity index (χ0v) is 21.0. The number of nitrogens with zero attached hydrogens (tertiary/aromatic N) is 5. The van der Waals surface area contributed by atoms with Crippen LogP contribution in [0.4, 0.5) is 5.69 Å². The van der Waals surface area contributed by atoms with Crippen molar-refractivity contribution in [1.29, 1.82) is 0 Å². The number of aromatic nitrogens is 5. The summed E-state index contributed by atoms with van der Waals surface area (Å²) in [6, 6.07) is 21.3. The lowest BCUT2D eigenvalue weighted by atomic mass is 10.1. The number of anilines is 1. The Hall–Kier alpha value is -3.92. The lowest BCUT2D eigenvalue weighted by Crippen LogP contribution is -2.19. The first-order chi connectivity index (χ1) is 17.6. The predicted octanol–water partition coefficient (Wildman–Crippen LogP) is 6.64. The smallest absolute Gasteiger partial charge is 0.246 e. The summed E-state index contributed by atoms with van der Waals surface area (Å²) in [5.74, 6) is -0.184. The first-order valence-corrected chi connectivity index (χ1v) is 13.0. The molecule has 176 valence electrons. The monoisotopic (exact) mass is 528 g/mol. The van der Waals surface area contributed by atoms with Gasteiger partial charge in [0.2, 0.25) is 5.91 Å². The number of thiazole rings is 2. The minimum Gasteiger partial charge on any atom is -0.324 e. The van der Waals surface area contributed by atoms with Gasteiger partial charge in [-0.1, -0.05) is 47.1 Å². The van der Waals surface area contributed by atoms with Gasteiger partial charge in [-0.25, -0.2) is 14.6 Å². The standard InChI is InChI=1S/C26H17ClN6OS2/c27-19-6-1-17(2-7-19)22-14-33(32-31-22)15-24(34)29-20-8-3-16(4-9-20)18-5-10-21-23(13-18)36-26(30-21)25-28-11-12-35-25/h1-14H,15H2,(H,29,34). The molecule has 0 radical (unpaired) electrons. The van der Waals surface area contributed by atoms with E-state index in [2.05, 4.69) is 32.7 Å². The van der Waals surface area contributed by atoms with Crippen LogP contribution in [0.3, 0.4) is 0 Å². The number of fused-ring (bicyclic) bond motifs is 1. The maximum atomic E-state index is 12.5. The quantitative estimate of drug-likeness (QED) is 0.262. The number of benzene rings is 3. The molecule has 1 N–H and O–H groups in total. The Kier molecular flexibility index (Phi) is 6.02. The second kappa shape index (κ2) is 9.62. The van der Waals surface area contributed by atoms with Crippen LogP contribution in [0, 0.1) is 0 Å². The van der Waals surface area contributed by atoms with Crippen LogP contribution in [-0.2, 0) is 11.3 Å². The van der Waals surface area contributed by atoms with Crippen molar-refractivity contribution >= 4 is 56.1 Å². The average molecular weight is 529 g/mol. The van der Waals surface area contributed by atoms with E-state index in [4.69, 9.17) is 16.6 Å². The maximum Gasteiger partial charge on any atom is 0.246 e. The summed E-state index contributed by atoms with van der Waals surface area (Å²) in [5, 5.41) is 15.6. The molecule has 3 aromatic carbocycles. The molecule has 6 rings (SSSR count). The highest BCUT2D eigenvalue weighted by Gasteiger charge is 2.11. The van der Waals surface area contributed by atoms with Crippen LogP contribution in [-0.4, -0.2) is 30.9 Å². The van der Waals surface area contributed by atoms with Gasteiger partial charge in [-0.3, -0.25) is 4.79 Å². The van der Waals surface area contributed by atoms with E-state index in [0.29, 0.717) is 16.4 Å². The molecule has 1 amide bonds. The highest BCUT2D eigenvalue weighted by atomic mass is 35.5. The predicted molar refractivity (Wildman–Crippen MR) is 145 cm³/mol. The minimum absolute atomic E-state index is 0.0613. The number of amides is 1. The van der Waals surface area contributed by atoms with Gasteiger partial charge in [0.15, 0.2) is 10.0 Å². The lowest BCUT2D eigenvalue weighted by Gasteiger charge is -2.07. The molecule has 0 aliphatic rings. The van der Waals surface area contributed by atoms with Crippen LogP contribution in [0.15, 0.2) is 84.5 Å². The van der Waals surface area contributed by atoms with E-state index in [1.807, 2.05) is 47.8 Å². The van der Waals surface area contributed by atoms with Gasteiger partial charge in [-0.2, -0.15) is 0 Å². The Morgan fingerprint density at radius 2 is 1.72 bits per heavy atom. The van der Waals surface area contributed by atoms with E-state index in [1.165, 1.54) is 4.68 Å². The van der Waals surface area contributed by atoms with Crippen LogP contribution in [0.1, 0.15) is 0 Å². The molecule has 10 heteroatoms. The number of rotatable bonds is 6. The summed E-state index contributed by atoms with van der Waals surface area (Å²) >= 11 is 9.16. The molecule has 0 bridgehead atoms. The van der Waals surface area contributed by atoms with E-state index in [0.717, 1.165) is 36.9 Å². The highest BCUT2D eigenvalue weighted by molar-refractivity contribution is 7.25. The van der Waals surface area contributed by atoms with Crippen molar-refractivity contribution in [1.82, 2.24) is 25.0 Å². The lowest BCUT2D eigenvalue weighted by molar-refractivity contribution is -0.116. The molecule has 0 aliphatic heterocycles. The summed E-state index contributed by atoms with van der Waals surface area (Å²) in [6.45, 7) is 0.0613. The molecule has 0 spiro atoms. The van der Waals surface area contributed by atoms with Crippen molar-refractivity contribution in [2.75, 3.05) is 5.32 Å². The maximum absolute atomic E-state index is 12.5. The van der Waals surface area contributed by atoms with Crippen molar-refractivity contribution in [3.05, 3.63) is 89.5 Å². The topological polar surface area (TPSA) is 85.6 Å². The zero-order chi connectivity index (χ0) is 24.5. The van der Waals surface area contributed by atoms with Gasteiger partial charge in [0.25, 0.3) is 0 Å².